The molecule has 2 aromatic carbocycles. The number of nitrogens with zero attached hydrogens (tertiary/aromatic N) is 1. The van der Waals surface area contributed by atoms with Crippen molar-refractivity contribution >= 4 is 17.6 Å². The topological polar surface area (TPSA) is 58.6 Å². The molecule has 180 valence electrons. The number of ether oxygens (including phenoxy) is 1. The van der Waals surface area contributed by atoms with Gasteiger partial charge >= 0.3 is 12.1 Å². The number of carbonyl (C=O) groups is 2. The number of piperidine rings is 1. The van der Waals surface area contributed by atoms with Crippen LogP contribution in [0.15, 0.2) is 48.5 Å². The molecule has 1 saturated heterocycles. The van der Waals surface area contributed by atoms with Crippen molar-refractivity contribution in [3.63, 3.8) is 0 Å². The third-order valence-electron chi connectivity index (χ3n) is 7.62. The van der Waals surface area contributed by atoms with Gasteiger partial charge in [0.1, 0.15) is 6.04 Å². The van der Waals surface area contributed by atoms with E-state index in [-0.39, 0.29) is 11.3 Å². The van der Waals surface area contributed by atoms with E-state index in [1.54, 1.807) is 18.2 Å². The van der Waals surface area contributed by atoms with Gasteiger partial charge < -0.3 is 15.0 Å². The Labute approximate surface area is 196 Å². The molecule has 0 bridgehead atoms. The molecule has 5 nitrogen and oxygen atoms in total. The van der Waals surface area contributed by atoms with Crippen LogP contribution in [0, 0.1) is 5.41 Å². The van der Waals surface area contributed by atoms with E-state index in [0.717, 1.165) is 49.8 Å². The largest absolute Gasteiger partial charge is 0.465 e. The van der Waals surface area contributed by atoms with E-state index in [1.165, 1.54) is 13.2 Å². The Hall–Kier alpha value is -3.03. The second kappa shape index (κ2) is 8.03. The molecule has 2 aromatic rings. The lowest BCUT2D eigenvalue weighted by atomic mass is 9.86. The normalized spacial score (nSPS) is 22.2. The number of methoxy groups -OCH3 is 1. The number of halogens is 3. The van der Waals surface area contributed by atoms with E-state index in [1.807, 2.05) is 17.0 Å². The van der Waals surface area contributed by atoms with E-state index in [9.17, 15) is 22.8 Å². The quantitative estimate of drug-likeness (QED) is 0.619. The van der Waals surface area contributed by atoms with Gasteiger partial charge in [-0.2, -0.15) is 13.2 Å². The van der Waals surface area contributed by atoms with Crippen LogP contribution in [0.5, 0.6) is 0 Å². The van der Waals surface area contributed by atoms with E-state index in [2.05, 4.69) is 5.32 Å². The number of hydrogen-bond acceptors (Lipinski definition) is 4. The molecule has 1 N–H and O–H groups in total. The van der Waals surface area contributed by atoms with Crippen molar-refractivity contribution in [2.24, 2.45) is 5.41 Å². The van der Waals surface area contributed by atoms with Crippen LogP contribution in [0.1, 0.15) is 60.0 Å². The second-order valence-electron chi connectivity index (χ2n) is 9.85. The minimum Gasteiger partial charge on any atom is -0.465 e. The summed E-state index contributed by atoms with van der Waals surface area (Å²) < 4.78 is 44.7. The molecule has 2 saturated carbocycles. The number of hydrogen-bond donors (Lipinski definition) is 1. The number of benzene rings is 2. The highest BCUT2D eigenvalue weighted by Crippen LogP contribution is 2.56. The number of anilines is 1. The molecule has 8 heteroatoms. The van der Waals surface area contributed by atoms with E-state index >= 15 is 0 Å². The Balaban J connectivity index is 1.38. The van der Waals surface area contributed by atoms with E-state index < -0.39 is 29.3 Å². The Morgan fingerprint density at radius 3 is 2.32 bits per heavy atom. The minimum atomic E-state index is -4.43. The van der Waals surface area contributed by atoms with Gasteiger partial charge in [-0.25, -0.2) is 4.79 Å². The summed E-state index contributed by atoms with van der Waals surface area (Å²) in [5.74, 6) is -0.577. The number of nitrogens with one attached hydrogen (secondary N) is 1. The second-order valence-corrected chi connectivity index (χ2v) is 9.85. The molecule has 0 aromatic heterocycles. The Morgan fingerprint density at radius 2 is 1.74 bits per heavy atom. The Bertz CT molecular complexity index is 1110. The molecule has 1 amide bonds. The lowest BCUT2D eigenvalue weighted by molar-refractivity contribution is -0.137. The third-order valence-corrected chi connectivity index (χ3v) is 7.62. The third kappa shape index (κ3) is 4.26. The van der Waals surface area contributed by atoms with Crippen LogP contribution in [0.4, 0.5) is 18.9 Å². The van der Waals surface area contributed by atoms with Crippen molar-refractivity contribution < 1.29 is 27.5 Å². The van der Waals surface area contributed by atoms with Crippen molar-refractivity contribution in [1.82, 2.24) is 5.32 Å². The molecular weight excluding hydrogens is 445 g/mol. The number of carbonyl (C=O) groups excluding carboxylic acids is 2. The average molecular weight is 473 g/mol. The van der Waals surface area contributed by atoms with Gasteiger partial charge in [0.15, 0.2) is 0 Å². The zero-order valence-electron chi connectivity index (χ0n) is 19.0. The molecule has 3 fully saturated rings. The summed E-state index contributed by atoms with van der Waals surface area (Å²) in [4.78, 5) is 27.1. The molecule has 0 radical (unpaired) electrons. The smallest absolute Gasteiger partial charge is 0.416 e. The summed E-state index contributed by atoms with van der Waals surface area (Å²) in [7, 11) is 1.33. The zero-order valence-corrected chi connectivity index (χ0v) is 19.0. The SMILES string of the molecule is COC(=O)c1ccc(C2(NC(=O)C3CC4(CCN3c3cccc(C(F)(F)F)c3)CC4)CC2)cc1. The molecule has 1 atom stereocenters. The molecule has 3 aliphatic rings. The van der Waals surface area contributed by atoms with Gasteiger partial charge in [-0.05, 0) is 79.8 Å². The van der Waals surface area contributed by atoms with E-state index in [0.29, 0.717) is 24.2 Å². The molecule has 2 aliphatic carbocycles. The molecule has 1 unspecified atom stereocenters. The summed E-state index contributed by atoms with van der Waals surface area (Å²) in [6.45, 7) is 0.556. The number of alkyl halides is 3. The summed E-state index contributed by atoms with van der Waals surface area (Å²) in [6, 6.07) is 11.8. The van der Waals surface area contributed by atoms with Crippen molar-refractivity contribution in [3.05, 3.63) is 65.2 Å². The first-order chi connectivity index (χ1) is 16.1. The molecule has 5 rings (SSSR count). The summed E-state index contributed by atoms with van der Waals surface area (Å²) >= 11 is 0. The lowest BCUT2D eigenvalue weighted by Crippen LogP contribution is -2.54. The average Bonchev–Trinajstić information content (AvgIpc) is 3.77. The van der Waals surface area contributed by atoms with Gasteiger partial charge in [0, 0.05) is 12.2 Å². The first-order valence-corrected chi connectivity index (χ1v) is 11.6. The summed E-state index contributed by atoms with van der Waals surface area (Å²) in [6.07, 6.45) is 0.769. The maximum Gasteiger partial charge on any atom is 0.416 e. The van der Waals surface area contributed by atoms with Crippen LogP contribution in [0.25, 0.3) is 0 Å². The number of amides is 1. The fourth-order valence-corrected chi connectivity index (χ4v) is 5.14. The highest BCUT2D eigenvalue weighted by atomic mass is 19.4. The molecule has 34 heavy (non-hydrogen) atoms. The fourth-order valence-electron chi connectivity index (χ4n) is 5.14. The van der Waals surface area contributed by atoms with Gasteiger partial charge in [-0.1, -0.05) is 18.2 Å². The maximum atomic E-state index is 13.6. The molecule has 1 heterocycles. The molecule has 1 spiro atoms. The number of rotatable bonds is 5. The summed E-state index contributed by atoms with van der Waals surface area (Å²) in [5, 5.41) is 3.21. The highest BCUT2D eigenvalue weighted by molar-refractivity contribution is 5.89. The van der Waals surface area contributed by atoms with Gasteiger partial charge in [0.2, 0.25) is 5.91 Å². The first kappa shape index (κ1) is 22.7. The van der Waals surface area contributed by atoms with Gasteiger partial charge in [0.25, 0.3) is 0 Å². The monoisotopic (exact) mass is 472 g/mol. The van der Waals surface area contributed by atoms with E-state index in [4.69, 9.17) is 4.74 Å². The number of esters is 1. The standard InChI is InChI=1S/C26H27F3N2O3/c1-34-23(33)17-5-7-18(8-6-17)25(11-12-25)30-22(32)21-16-24(9-10-24)13-14-31(21)20-4-2-3-19(15-20)26(27,28)29/h2-8,15,21H,9-14,16H2,1H3,(H,30,32). The van der Waals surface area contributed by atoms with Crippen molar-refractivity contribution in [2.75, 3.05) is 18.6 Å². The van der Waals surface area contributed by atoms with Gasteiger partial charge in [-0.15, -0.1) is 0 Å². The molecular formula is C26H27F3N2O3. The van der Waals surface area contributed by atoms with Crippen LogP contribution in [-0.2, 0) is 21.2 Å². The highest BCUT2D eigenvalue weighted by Gasteiger charge is 2.52. The van der Waals surface area contributed by atoms with Crippen LogP contribution >= 0.6 is 0 Å². The maximum absolute atomic E-state index is 13.6. The van der Waals surface area contributed by atoms with Crippen molar-refractivity contribution in [2.45, 2.75) is 56.3 Å². The van der Waals surface area contributed by atoms with Crippen molar-refractivity contribution in [3.8, 4) is 0 Å². The predicted molar refractivity (Wildman–Crippen MR) is 120 cm³/mol. The van der Waals surface area contributed by atoms with Crippen LogP contribution < -0.4 is 10.2 Å². The summed E-state index contributed by atoms with van der Waals surface area (Å²) in [5.41, 5.74) is 0.708. The Kier molecular flexibility index (Phi) is 5.37. The van der Waals surface area contributed by atoms with Crippen LogP contribution in [0.2, 0.25) is 0 Å². The van der Waals surface area contributed by atoms with Crippen LogP contribution in [-0.4, -0.2) is 31.6 Å². The fraction of sp³-hybridized carbons (Fsp3) is 0.462. The zero-order chi connectivity index (χ0) is 24.1. The van der Waals surface area contributed by atoms with Gasteiger partial charge in [-0.3, -0.25) is 4.79 Å². The Morgan fingerprint density at radius 1 is 1.03 bits per heavy atom. The van der Waals surface area contributed by atoms with Crippen molar-refractivity contribution in [1.29, 1.82) is 0 Å². The molecule has 1 aliphatic heterocycles. The lowest BCUT2D eigenvalue weighted by Gasteiger charge is -2.41. The van der Waals surface area contributed by atoms with Crippen LogP contribution in [0.3, 0.4) is 0 Å². The first-order valence-electron chi connectivity index (χ1n) is 11.6. The minimum absolute atomic E-state index is 0.138. The van der Waals surface area contributed by atoms with Gasteiger partial charge in [0.05, 0.1) is 23.8 Å². The predicted octanol–water partition coefficient (Wildman–Crippen LogP) is 5.05.